The fraction of sp³-hybridized carbons (Fsp3) is 0.286. The third-order valence-electron chi connectivity index (χ3n) is 4.39. The molecule has 1 atom stereocenters. The Hall–Kier alpha value is -2.67. The van der Waals surface area contributed by atoms with Crippen molar-refractivity contribution in [3.63, 3.8) is 0 Å². The summed E-state index contributed by atoms with van der Waals surface area (Å²) in [5, 5.41) is 11.9. The minimum Gasteiger partial charge on any atom is -0.353 e. The standard InChI is InChI=1S/C21H23FN4OS/c1-4-15(3)23-19(27)13-28-21-25-24-20(17-7-5-6-8-18(17)22)26(21)16-11-9-14(2)10-12-16/h5-12,15H,4,13H2,1-3H3,(H,23,27)/t15-/m1/s1. The van der Waals surface area contributed by atoms with Crippen LogP contribution in [0.1, 0.15) is 25.8 Å². The minimum atomic E-state index is -0.366. The first-order chi connectivity index (χ1) is 13.5. The van der Waals surface area contributed by atoms with Crippen molar-refractivity contribution in [1.29, 1.82) is 0 Å². The lowest BCUT2D eigenvalue weighted by molar-refractivity contribution is -0.119. The fourth-order valence-corrected chi connectivity index (χ4v) is 3.42. The Balaban J connectivity index is 1.95. The molecule has 1 amide bonds. The van der Waals surface area contributed by atoms with Crippen LogP contribution >= 0.6 is 11.8 Å². The van der Waals surface area contributed by atoms with Crippen molar-refractivity contribution in [2.75, 3.05) is 5.75 Å². The van der Waals surface area contributed by atoms with Crippen LogP contribution in [0.15, 0.2) is 53.7 Å². The molecule has 0 fully saturated rings. The van der Waals surface area contributed by atoms with Crippen LogP contribution < -0.4 is 5.32 Å². The Kier molecular flexibility index (Phi) is 6.46. The number of amides is 1. The number of nitrogens with one attached hydrogen (secondary N) is 1. The summed E-state index contributed by atoms with van der Waals surface area (Å²) in [4.78, 5) is 12.2. The van der Waals surface area contributed by atoms with E-state index in [2.05, 4.69) is 15.5 Å². The maximum Gasteiger partial charge on any atom is 0.230 e. The van der Waals surface area contributed by atoms with Gasteiger partial charge in [0, 0.05) is 11.7 Å². The molecule has 5 nitrogen and oxygen atoms in total. The van der Waals surface area contributed by atoms with Gasteiger partial charge in [-0.2, -0.15) is 0 Å². The molecule has 0 saturated heterocycles. The maximum atomic E-state index is 14.4. The molecule has 1 aromatic heterocycles. The molecular formula is C21H23FN4OS. The van der Waals surface area contributed by atoms with Gasteiger partial charge in [0.1, 0.15) is 5.82 Å². The molecule has 0 unspecified atom stereocenters. The predicted molar refractivity (Wildman–Crippen MR) is 110 cm³/mol. The average molecular weight is 399 g/mol. The lowest BCUT2D eigenvalue weighted by Gasteiger charge is -2.13. The number of hydrogen-bond acceptors (Lipinski definition) is 4. The number of rotatable bonds is 7. The van der Waals surface area contributed by atoms with Crippen LogP contribution in [0.4, 0.5) is 4.39 Å². The van der Waals surface area contributed by atoms with Crippen LogP contribution in [0, 0.1) is 12.7 Å². The van der Waals surface area contributed by atoms with Gasteiger partial charge in [0.25, 0.3) is 0 Å². The van der Waals surface area contributed by atoms with E-state index < -0.39 is 0 Å². The van der Waals surface area contributed by atoms with Crippen LogP contribution in [0.25, 0.3) is 17.1 Å². The number of aryl methyl sites for hydroxylation is 1. The molecule has 7 heteroatoms. The van der Waals surface area contributed by atoms with Crippen molar-refractivity contribution < 1.29 is 9.18 Å². The number of thioether (sulfide) groups is 1. The summed E-state index contributed by atoms with van der Waals surface area (Å²) in [7, 11) is 0. The Bertz CT molecular complexity index is 955. The normalized spacial score (nSPS) is 12.0. The second kappa shape index (κ2) is 9.01. The third-order valence-corrected chi connectivity index (χ3v) is 5.32. The van der Waals surface area contributed by atoms with Crippen molar-refractivity contribution in [2.45, 2.75) is 38.4 Å². The molecule has 3 rings (SSSR count). The Morgan fingerprint density at radius 3 is 2.57 bits per heavy atom. The molecular weight excluding hydrogens is 375 g/mol. The molecule has 0 aliphatic heterocycles. The summed E-state index contributed by atoms with van der Waals surface area (Å²) in [6.45, 7) is 5.99. The summed E-state index contributed by atoms with van der Waals surface area (Å²) in [5.74, 6) is 0.192. The van der Waals surface area contributed by atoms with Gasteiger partial charge in [-0.05, 0) is 44.5 Å². The summed E-state index contributed by atoms with van der Waals surface area (Å²) in [5.41, 5.74) is 2.30. The van der Waals surface area contributed by atoms with Crippen molar-refractivity contribution in [1.82, 2.24) is 20.1 Å². The number of carbonyl (C=O) groups excluding carboxylic acids is 1. The van der Waals surface area contributed by atoms with Crippen molar-refractivity contribution in [3.8, 4) is 17.1 Å². The number of aromatic nitrogens is 3. The summed E-state index contributed by atoms with van der Waals surface area (Å²) >= 11 is 1.28. The van der Waals surface area contributed by atoms with E-state index in [-0.39, 0.29) is 23.5 Å². The van der Waals surface area contributed by atoms with E-state index in [1.807, 2.05) is 45.0 Å². The molecule has 0 bridgehead atoms. The van der Waals surface area contributed by atoms with Crippen LogP contribution in [0.5, 0.6) is 0 Å². The highest BCUT2D eigenvalue weighted by molar-refractivity contribution is 7.99. The molecule has 28 heavy (non-hydrogen) atoms. The van der Waals surface area contributed by atoms with Crippen LogP contribution in [0.3, 0.4) is 0 Å². The smallest absolute Gasteiger partial charge is 0.230 e. The topological polar surface area (TPSA) is 59.8 Å². The van der Waals surface area contributed by atoms with Crippen LogP contribution in [0.2, 0.25) is 0 Å². The molecule has 0 spiro atoms. The number of benzene rings is 2. The third kappa shape index (κ3) is 4.59. The van der Waals surface area contributed by atoms with Crippen molar-refractivity contribution in [2.24, 2.45) is 0 Å². The van der Waals surface area contributed by atoms with Gasteiger partial charge in [0.15, 0.2) is 11.0 Å². The van der Waals surface area contributed by atoms with E-state index in [1.54, 1.807) is 22.8 Å². The molecule has 3 aromatic rings. The Morgan fingerprint density at radius 2 is 1.89 bits per heavy atom. The maximum absolute atomic E-state index is 14.4. The molecule has 2 aromatic carbocycles. The van der Waals surface area contributed by atoms with Gasteiger partial charge in [-0.3, -0.25) is 9.36 Å². The first kappa shape index (κ1) is 20.1. The highest BCUT2D eigenvalue weighted by Gasteiger charge is 2.19. The van der Waals surface area contributed by atoms with Crippen LogP contribution in [-0.4, -0.2) is 32.5 Å². The van der Waals surface area contributed by atoms with Gasteiger partial charge in [-0.1, -0.05) is 48.5 Å². The fourth-order valence-electron chi connectivity index (χ4n) is 2.66. The largest absolute Gasteiger partial charge is 0.353 e. The van der Waals surface area contributed by atoms with Crippen molar-refractivity contribution >= 4 is 17.7 Å². The molecule has 0 radical (unpaired) electrons. The van der Waals surface area contributed by atoms with E-state index >= 15 is 0 Å². The zero-order valence-electron chi connectivity index (χ0n) is 16.1. The highest BCUT2D eigenvalue weighted by atomic mass is 32.2. The second-order valence-corrected chi connectivity index (χ2v) is 7.56. The lowest BCUT2D eigenvalue weighted by atomic mass is 10.2. The molecule has 1 heterocycles. The van der Waals surface area contributed by atoms with E-state index in [4.69, 9.17) is 0 Å². The summed E-state index contributed by atoms with van der Waals surface area (Å²) < 4.78 is 16.2. The zero-order valence-corrected chi connectivity index (χ0v) is 17.0. The highest BCUT2D eigenvalue weighted by Crippen LogP contribution is 2.29. The first-order valence-corrected chi connectivity index (χ1v) is 10.2. The van der Waals surface area contributed by atoms with Gasteiger partial charge in [0.05, 0.1) is 11.3 Å². The Labute approximate surface area is 168 Å². The first-order valence-electron chi connectivity index (χ1n) is 9.19. The van der Waals surface area contributed by atoms with Gasteiger partial charge < -0.3 is 5.32 Å². The molecule has 146 valence electrons. The van der Waals surface area contributed by atoms with E-state index in [0.717, 1.165) is 17.7 Å². The zero-order chi connectivity index (χ0) is 20.1. The number of halogens is 1. The second-order valence-electron chi connectivity index (χ2n) is 6.62. The molecule has 0 aliphatic rings. The number of carbonyl (C=O) groups is 1. The van der Waals surface area contributed by atoms with E-state index in [9.17, 15) is 9.18 Å². The number of hydrogen-bond donors (Lipinski definition) is 1. The van der Waals surface area contributed by atoms with E-state index in [0.29, 0.717) is 16.5 Å². The quantitative estimate of drug-likeness (QED) is 0.600. The summed E-state index contributed by atoms with van der Waals surface area (Å²) in [6, 6.07) is 14.4. The summed E-state index contributed by atoms with van der Waals surface area (Å²) in [6.07, 6.45) is 0.868. The SMILES string of the molecule is CC[C@@H](C)NC(=O)CSc1nnc(-c2ccccc2F)n1-c1ccc(C)cc1. The lowest BCUT2D eigenvalue weighted by Crippen LogP contribution is -2.33. The minimum absolute atomic E-state index is 0.0646. The number of nitrogens with zero attached hydrogens (tertiary/aromatic N) is 3. The molecule has 1 N–H and O–H groups in total. The van der Waals surface area contributed by atoms with Crippen LogP contribution in [-0.2, 0) is 4.79 Å². The van der Waals surface area contributed by atoms with E-state index in [1.165, 1.54) is 17.8 Å². The Morgan fingerprint density at radius 1 is 1.18 bits per heavy atom. The van der Waals surface area contributed by atoms with Gasteiger partial charge in [0.2, 0.25) is 5.91 Å². The van der Waals surface area contributed by atoms with Gasteiger partial charge in [-0.15, -0.1) is 10.2 Å². The van der Waals surface area contributed by atoms with Gasteiger partial charge in [-0.25, -0.2) is 4.39 Å². The monoisotopic (exact) mass is 398 g/mol. The average Bonchev–Trinajstić information content (AvgIpc) is 3.11. The van der Waals surface area contributed by atoms with Crippen molar-refractivity contribution in [3.05, 3.63) is 59.9 Å². The predicted octanol–water partition coefficient (Wildman–Crippen LogP) is 4.39. The molecule has 0 aliphatic carbocycles. The van der Waals surface area contributed by atoms with Gasteiger partial charge >= 0.3 is 0 Å². The molecule has 0 saturated carbocycles.